The van der Waals surface area contributed by atoms with Crippen LogP contribution in [0.15, 0.2) is 36.7 Å². The predicted molar refractivity (Wildman–Crippen MR) is 91.4 cm³/mol. The number of carbonyl (C=O) groups excluding carboxylic acids is 1. The second kappa shape index (κ2) is 6.79. The molecule has 0 saturated carbocycles. The van der Waals surface area contributed by atoms with Gasteiger partial charge in [-0.3, -0.25) is 5.10 Å². The average molecular weight is 345 g/mol. The summed E-state index contributed by atoms with van der Waals surface area (Å²) in [5, 5.41) is 12.5. The van der Waals surface area contributed by atoms with Gasteiger partial charge in [0.1, 0.15) is 10.8 Å². The largest absolute Gasteiger partial charge is 0.330 e. The van der Waals surface area contributed by atoms with Crippen LogP contribution in [-0.4, -0.2) is 21.2 Å². The van der Waals surface area contributed by atoms with E-state index in [1.165, 1.54) is 23.6 Å². The maximum absolute atomic E-state index is 13.9. The summed E-state index contributed by atoms with van der Waals surface area (Å²) in [6.07, 6.45) is 3.09. The molecule has 0 fully saturated rings. The van der Waals surface area contributed by atoms with E-state index in [1.54, 1.807) is 24.4 Å². The molecule has 1 aromatic carbocycles. The first-order valence-electron chi connectivity index (χ1n) is 7.33. The second-order valence-electron chi connectivity index (χ2n) is 5.26. The Hall–Kier alpha value is -2.74. The van der Waals surface area contributed by atoms with Gasteiger partial charge in [-0.05, 0) is 26.0 Å². The zero-order chi connectivity index (χ0) is 17.1. The number of H-pyrrole nitrogens is 1. The molecule has 0 aliphatic carbocycles. The fourth-order valence-electron chi connectivity index (χ4n) is 2.31. The Kier molecular flexibility index (Phi) is 4.57. The van der Waals surface area contributed by atoms with Crippen LogP contribution in [0.25, 0.3) is 10.6 Å². The van der Waals surface area contributed by atoms with E-state index in [2.05, 4.69) is 25.8 Å². The predicted octanol–water partition coefficient (Wildman–Crippen LogP) is 3.86. The van der Waals surface area contributed by atoms with E-state index in [1.807, 2.05) is 13.8 Å². The van der Waals surface area contributed by atoms with Gasteiger partial charge in [-0.2, -0.15) is 5.10 Å². The third-order valence-corrected chi connectivity index (χ3v) is 4.81. The lowest BCUT2D eigenvalue weighted by Crippen LogP contribution is -2.30. The number of halogens is 1. The fraction of sp³-hybridized carbons (Fsp3) is 0.188. The number of aromatic amines is 1. The van der Waals surface area contributed by atoms with Crippen LogP contribution in [0.3, 0.4) is 0 Å². The Morgan fingerprint density at radius 1 is 1.38 bits per heavy atom. The molecule has 2 amide bonds. The molecule has 0 bridgehead atoms. The first-order chi connectivity index (χ1) is 11.5. The van der Waals surface area contributed by atoms with Crippen LogP contribution in [0, 0.1) is 12.7 Å². The third kappa shape index (κ3) is 3.43. The van der Waals surface area contributed by atoms with Crippen molar-refractivity contribution in [2.75, 3.05) is 5.32 Å². The summed E-state index contributed by atoms with van der Waals surface area (Å²) >= 11 is 1.37. The Morgan fingerprint density at radius 2 is 2.17 bits per heavy atom. The topological polar surface area (TPSA) is 82.7 Å². The molecule has 3 N–H and O–H groups in total. The van der Waals surface area contributed by atoms with Crippen LogP contribution in [0.5, 0.6) is 0 Å². The van der Waals surface area contributed by atoms with Gasteiger partial charge in [0, 0.05) is 11.8 Å². The minimum absolute atomic E-state index is 0.255. The zero-order valence-corrected chi connectivity index (χ0v) is 13.9. The zero-order valence-electron chi connectivity index (χ0n) is 13.1. The van der Waals surface area contributed by atoms with Crippen molar-refractivity contribution in [3.8, 4) is 10.6 Å². The van der Waals surface area contributed by atoms with Crippen molar-refractivity contribution in [3.05, 3.63) is 53.0 Å². The van der Waals surface area contributed by atoms with E-state index in [4.69, 9.17) is 0 Å². The molecule has 6 nitrogen and oxygen atoms in total. The lowest BCUT2D eigenvalue weighted by atomic mass is 10.2. The molecule has 24 heavy (non-hydrogen) atoms. The molecular weight excluding hydrogens is 329 g/mol. The van der Waals surface area contributed by atoms with E-state index in [9.17, 15) is 9.18 Å². The molecular formula is C16H16FN5OS. The van der Waals surface area contributed by atoms with E-state index in [-0.39, 0.29) is 17.9 Å². The number of rotatable bonds is 4. The quantitative estimate of drug-likeness (QED) is 0.671. The van der Waals surface area contributed by atoms with Gasteiger partial charge in [0.2, 0.25) is 0 Å². The monoisotopic (exact) mass is 345 g/mol. The van der Waals surface area contributed by atoms with Crippen LogP contribution in [0.2, 0.25) is 0 Å². The lowest BCUT2D eigenvalue weighted by Gasteiger charge is -2.13. The number of nitrogens with zero attached hydrogens (tertiary/aromatic N) is 2. The molecule has 0 saturated heterocycles. The number of hydrogen-bond acceptors (Lipinski definition) is 4. The Bertz CT molecular complexity index is 846. The molecule has 124 valence electrons. The minimum Gasteiger partial charge on any atom is -0.330 e. The molecule has 2 aromatic heterocycles. The van der Waals surface area contributed by atoms with E-state index < -0.39 is 0 Å². The molecule has 0 radical (unpaired) electrons. The number of hydrogen-bond donors (Lipinski definition) is 3. The van der Waals surface area contributed by atoms with Crippen molar-refractivity contribution in [1.82, 2.24) is 20.5 Å². The number of anilines is 1. The van der Waals surface area contributed by atoms with E-state index in [0.29, 0.717) is 16.3 Å². The van der Waals surface area contributed by atoms with Crippen molar-refractivity contribution in [2.24, 2.45) is 0 Å². The van der Waals surface area contributed by atoms with Crippen LogP contribution in [0.4, 0.5) is 14.9 Å². The molecule has 0 unspecified atom stereocenters. The molecule has 3 aromatic rings. The number of thiazole rings is 1. The normalized spacial score (nSPS) is 12.0. The molecule has 1 atom stereocenters. The van der Waals surface area contributed by atoms with Gasteiger partial charge in [-0.1, -0.05) is 12.1 Å². The molecule has 8 heteroatoms. The van der Waals surface area contributed by atoms with Gasteiger partial charge < -0.3 is 10.6 Å². The Labute approximate surface area is 142 Å². The standard InChI is InChI=1S/C16H16FN5OS/c1-9-14(10(2)21-16(23)22-11-7-18-19-8-11)24-15(20-9)12-5-3-4-6-13(12)17/h3-8,10H,1-2H3,(H,18,19)(H2,21,22,23)/t10-/m0/s1. The van der Waals surface area contributed by atoms with Gasteiger partial charge in [-0.15, -0.1) is 11.3 Å². The third-order valence-electron chi connectivity index (χ3n) is 3.43. The summed E-state index contributed by atoms with van der Waals surface area (Å²) in [5.74, 6) is -0.309. The summed E-state index contributed by atoms with van der Waals surface area (Å²) in [7, 11) is 0. The summed E-state index contributed by atoms with van der Waals surface area (Å²) in [4.78, 5) is 17.3. The Morgan fingerprint density at radius 3 is 2.88 bits per heavy atom. The van der Waals surface area contributed by atoms with Gasteiger partial charge in [0.05, 0.1) is 28.5 Å². The second-order valence-corrected chi connectivity index (χ2v) is 6.29. The van der Waals surface area contributed by atoms with Gasteiger partial charge in [-0.25, -0.2) is 14.2 Å². The number of aromatic nitrogens is 3. The number of carbonyl (C=O) groups is 1. The van der Waals surface area contributed by atoms with Crippen molar-refractivity contribution < 1.29 is 9.18 Å². The highest BCUT2D eigenvalue weighted by Gasteiger charge is 2.18. The van der Waals surface area contributed by atoms with Crippen molar-refractivity contribution in [1.29, 1.82) is 0 Å². The molecule has 0 aliphatic rings. The number of urea groups is 1. The molecule has 0 spiro atoms. The van der Waals surface area contributed by atoms with Crippen molar-refractivity contribution in [3.63, 3.8) is 0 Å². The maximum atomic E-state index is 13.9. The van der Waals surface area contributed by atoms with Crippen molar-refractivity contribution >= 4 is 23.1 Å². The highest BCUT2D eigenvalue weighted by Crippen LogP contribution is 2.32. The first kappa shape index (κ1) is 16.1. The highest BCUT2D eigenvalue weighted by molar-refractivity contribution is 7.15. The van der Waals surface area contributed by atoms with Gasteiger partial charge in [0.15, 0.2) is 0 Å². The SMILES string of the molecule is Cc1nc(-c2ccccc2F)sc1[C@H](C)NC(=O)Nc1cn[nH]c1. The lowest BCUT2D eigenvalue weighted by molar-refractivity contribution is 0.249. The summed E-state index contributed by atoms with van der Waals surface area (Å²) in [6.45, 7) is 3.71. The maximum Gasteiger partial charge on any atom is 0.319 e. The molecule has 0 aliphatic heterocycles. The Balaban J connectivity index is 1.75. The summed E-state index contributed by atoms with van der Waals surface area (Å²) in [6, 6.07) is 5.92. The number of benzene rings is 1. The van der Waals surface area contributed by atoms with Gasteiger partial charge >= 0.3 is 6.03 Å². The number of nitrogens with one attached hydrogen (secondary N) is 3. The fourth-order valence-corrected chi connectivity index (χ4v) is 3.40. The minimum atomic E-state index is -0.343. The number of amides is 2. The van der Waals surface area contributed by atoms with Crippen molar-refractivity contribution in [2.45, 2.75) is 19.9 Å². The highest BCUT2D eigenvalue weighted by atomic mass is 32.1. The molecule has 2 heterocycles. The van der Waals surface area contributed by atoms with E-state index in [0.717, 1.165) is 10.6 Å². The average Bonchev–Trinajstić information content (AvgIpc) is 3.17. The van der Waals surface area contributed by atoms with E-state index >= 15 is 0 Å². The van der Waals surface area contributed by atoms with Crippen LogP contribution >= 0.6 is 11.3 Å². The summed E-state index contributed by atoms with van der Waals surface area (Å²) in [5.41, 5.74) is 1.81. The van der Waals surface area contributed by atoms with Gasteiger partial charge in [0.25, 0.3) is 0 Å². The van der Waals surface area contributed by atoms with Crippen LogP contribution in [-0.2, 0) is 0 Å². The smallest absolute Gasteiger partial charge is 0.319 e. The molecule has 3 rings (SSSR count). The first-order valence-corrected chi connectivity index (χ1v) is 8.14. The van der Waals surface area contributed by atoms with Crippen LogP contribution in [0.1, 0.15) is 23.5 Å². The van der Waals surface area contributed by atoms with Crippen LogP contribution < -0.4 is 10.6 Å². The number of aryl methyl sites for hydroxylation is 1. The summed E-state index contributed by atoms with van der Waals surface area (Å²) < 4.78 is 13.9.